The first-order chi connectivity index (χ1) is 20.3. The highest BCUT2D eigenvalue weighted by Crippen LogP contribution is 2.46. The van der Waals surface area contributed by atoms with Gasteiger partial charge in [0.25, 0.3) is 5.91 Å². The zero-order chi connectivity index (χ0) is 30.7. The molecule has 2 aliphatic heterocycles. The van der Waals surface area contributed by atoms with Gasteiger partial charge in [-0.25, -0.2) is 4.68 Å². The number of nitrogens with zero attached hydrogens (tertiary/aromatic N) is 5. The number of carbonyl (C=O) groups is 1. The average molecular weight is 593 g/mol. The van der Waals surface area contributed by atoms with Gasteiger partial charge >= 0.3 is 0 Å². The Balaban J connectivity index is 1.52. The van der Waals surface area contributed by atoms with Crippen LogP contribution in [0.1, 0.15) is 16.1 Å². The second-order valence-electron chi connectivity index (χ2n) is 13.2. The lowest BCUT2D eigenvalue weighted by Gasteiger charge is -2.55. The Morgan fingerprint density at radius 2 is 1.91 bits per heavy atom. The Morgan fingerprint density at radius 3 is 2.47 bits per heavy atom. The van der Waals surface area contributed by atoms with Crippen LogP contribution in [0.4, 0.5) is 0 Å². The number of benzene rings is 1. The van der Waals surface area contributed by atoms with Gasteiger partial charge in [-0.05, 0) is 34.1 Å². The normalized spacial score (nSPS) is 15.6. The summed E-state index contributed by atoms with van der Waals surface area (Å²) in [5.74, 6) is 1.14. The van der Waals surface area contributed by atoms with Crippen LogP contribution in [0.2, 0.25) is 0 Å². The zero-order valence-corrected chi connectivity index (χ0v) is 26.9. The predicted molar refractivity (Wildman–Crippen MR) is 182 cm³/mol. The van der Waals surface area contributed by atoms with Crippen LogP contribution in [0.15, 0.2) is 41.2 Å². The number of carbonyl (C=O) groups excluding carboxylic acids is 1. The molecule has 10 nitrogen and oxygen atoms in total. The maximum atomic E-state index is 14.8. The highest BCUT2D eigenvalue weighted by molar-refractivity contribution is 7.08. The summed E-state index contributed by atoms with van der Waals surface area (Å²) in [6.45, 7) is 1.34. The van der Waals surface area contributed by atoms with E-state index in [4.69, 9.17) is 24.0 Å². The highest BCUT2D eigenvalue weighted by atomic mass is 32.1. The van der Waals surface area contributed by atoms with E-state index in [1.807, 2.05) is 105 Å². The number of amides is 1. The molecule has 0 spiro atoms. The molecule has 4 aromatic rings. The third kappa shape index (κ3) is 5.36. The maximum Gasteiger partial charge on any atom is 0.274 e. The van der Waals surface area contributed by atoms with Crippen molar-refractivity contribution in [1.29, 1.82) is 0 Å². The topological polar surface area (TPSA) is 92.9 Å². The van der Waals surface area contributed by atoms with Crippen LogP contribution in [-0.4, -0.2) is 120 Å². The van der Waals surface area contributed by atoms with Crippen molar-refractivity contribution in [2.24, 2.45) is 7.05 Å². The molecule has 216 valence electrons. The predicted octanol–water partition coefficient (Wildman–Crippen LogP) is -2.85. The number of methoxy groups -OCH3 is 1. The molecule has 0 radical (unpaired) electrons. The van der Waals surface area contributed by atoms with E-state index in [0.29, 0.717) is 37.0 Å². The minimum absolute atomic E-state index is 0.177. The van der Waals surface area contributed by atoms with Gasteiger partial charge in [-0.3, -0.25) is 9.48 Å². The number of fused-ring (bicyclic) bond motifs is 3. The molecule has 0 aliphatic carbocycles. The molecule has 1 fully saturated rings. The molecule has 1 aromatic carbocycles. The zero-order valence-electron chi connectivity index (χ0n) is 26.1. The van der Waals surface area contributed by atoms with Crippen molar-refractivity contribution in [1.82, 2.24) is 24.5 Å². The van der Waals surface area contributed by atoms with Crippen LogP contribution in [0.5, 0.6) is 11.5 Å². The van der Waals surface area contributed by atoms with E-state index in [1.165, 1.54) is 0 Å². The monoisotopic (exact) mass is 593 g/mol. The van der Waals surface area contributed by atoms with Crippen molar-refractivity contribution < 1.29 is 23.7 Å². The fraction of sp³-hybridized carbons (Fsp3) is 0.346. The largest absolute Gasteiger partial charge is 0.496 e. The molecule has 5 heterocycles. The van der Waals surface area contributed by atoms with Crippen LogP contribution in [0.3, 0.4) is 0 Å². The Morgan fingerprint density at radius 1 is 1.14 bits per heavy atom. The van der Waals surface area contributed by atoms with Gasteiger partial charge in [-0.1, -0.05) is 0 Å². The van der Waals surface area contributed by atoms with Gasteiger partial charge in [-0.15, -0.1) is 0 Å². The summed E-state index contributed by atoms with van der Waals surface area (Å²) in [6, 6.07) is 7.86. The molecule has 3 aromatic heterocycles. The first-order valence-corrected chi connectivity index (χ1v) is 15.3. The maximum absolute atomic E-state index is 14.8. The lowest BCUT2D eigenvalue weighted by atomic mass is 9.47. The van der Waals surface area contributed by atoms with Gasteiger partial charge in [0.2, 0.25) is 0 Å². The van der Waals surface area contributed by atoms with Crippen LogP contribution in [-0.2, 0) is 23.1 Å². The SMILES string of the molecule is BC(B)(B)OCC1(N(C(=O)c2nn(-c3ccsc3)c3c2COc2cc(OC)c(-c4ccn(C)n4)cc2-3)C(B)(B)B)COC1. The molecule has 43 heavy (non-hydrogen) atoms. The van der Waals surface area contributed by atoms with Gasteiger partial charge in [-0.2, -0.15) is 21.5 Å². The Bertz CT molecular complexity index is 1680. The molecule has 0 atom stereocenters. The minimum atomic E-state index is -0.616. The molecule has 0 bridgehead atoms. The number of aromatic nitrogens is 4. The fourth-order valence-corrected chi connectivity index (χ4v) is 6.46. The Labute approximate surface area is 260 Å². The van der Waals surface area contributed by atoms with Gasteiger partial charge in [0.05, 0.1) is 44.0 Å². The number of hydrogen-bond donors (Lipinski definition) is 0. The van der Waals surface area contributed by atoms with E-state index >= 15 is 0 Å². The van der Waals surface area contributed by atoms with E-state index in [1.54, 1.807) is 23.1 Å². The van der Waals surface area contributed by atoms with E-state index in [0.717, 1.165) is 33.8 Å². The van der Waals surface area contributed by atoms with Gasteiger partial charge in [0.1, 0.15) is 70.7 Å². The number of rotatable bonds is 9. The van der Waals surface area contributed by atoms with Crippen LogP contribution < -0.4 is 9.47 Å². The molecule has 0 saturated carbocycles. The van der Waals surface area contributed by atoms with Crippen molar-refractivity contribution in [3.8, 4) is 39.7 Å². The van der Waals surface area contributed by atoms with Gasteiger partial charge in [0, 0.05) is 41.4 Å². The summed E-state index contributed by atoms with van der Waals surface area (Å²) in [7, 11) is 15.7. The number of ether oxygens (including phenoxy) is 4. The lowest BCUT2D eigenvalue weighted by Crippen LogP contribution is -2.74. The smallest absolute Gasteiger partial charge is 0.274 e. The molecule has 0 unspecified atom stereocenters. The molecular weight excluding hydrogens is 559 g/mol. The quantitative estimate of drug-likeness (QED) is 0.193. The van der Waals surface area contributed by atoms with Crippen molar-refractivity contribution >= 4 is 64.3 Å². The molecule has 1 amide bonds. The third-order valence-electron chi connectivity index (χ3n) is 7.72. The van der Waals surface area contributed by atoms with Crippen LogP contribution in [0.25, 0.3) is 28.2 Å². The molecule has 17 heteroatoms. The number of aryl methyl sites for hydroxylation is 1. The van der Waals surface area contributed by atoms with E-state index in [-0.39, 0.29) is 17.8 Å². The van der Waals surface area contributed by atoms with Crippen molar-refractivity contribution in [3.63, 3.8) is 0 Å². The number of thiophene rings is 1. The highest BCUT2D eigenvalue weighted by Gasteiger charge is 2.52. The average Bonchev–Trinajstić information content (AvgIpc) is 3.67. The molecule has 6 rings (SSSR count). The van der Waals surface area contributed by atoms with Crippen LogP contribution >= 0.6 is 11.3 Å². The summed E-state index contributed by atoms with van der Waals surface area (Å²) in [5.41, 5.74) is 4.60. The summed E-state index contributed by atoms with van der Waals surface area (Å²) >= 11 is 1.58. The summed E-state index contributed by atoms with van der Waals surface area (Å²) in [6.07, 6.45) is 1.90. The molecular formula is C26H33B6N5O5S. The third-order valence-corrected chi connectivity index (χ3v) is 8.39. The minimum Gasteiger partial charge on any atom is -0.496 e. The van der Waals surface area contributed by atoms with Crippen LogP contribution in [0, 0.1) is 0 Å². The molecule has 2 aliphatic rings. The Kier molecular flexibility index (Phi) is 7.42. The van der Waals surface area contributed by atoms with E-state index in [9.17, 15) is 4.79 Å². The molecule has 0 N–H and O–H groups in total. The van der Waals surface area contributed by atoms with E-state index < -0.39 is 10.8 Å². The van der Waals surface area contributed by atoms with E-state index in [2.05, 4.69) is 5.10 Å². The summed E-state index contributed by atoms with van der Waals surface area (Å²) in [5, 5.41) is 12.8. The van der Waals surface area contributed by atoms with Gasteiger partial charge in [0.15, 0.2) is 5.69 Å². The van der Waals surface area contributed by atoms with Crippen molar-refractivity contribution in [2.45, 2.75) is 22.7 Å². The van der Waals surface area contributed by atoms with Crippen molar-refractivity contribution in [3.05, 3.63) is 52.5 Å². The summed E-state index contributed by atoms with van der Waals surface area (Å²) < 4.78 is 27.7. The van der Waals surface area contributed by atoms with Gasteiger partial charge < -0.3 is 23.8 Å². The Hall–Kier alpha value is -3.28. The fourth-order valence-electron chi connectivity index (χ4n) is 5.85. The first kappa shape index (κ1) is 29.8. The second kappa shape index (κ2) is 10.7. The summed E-state index contributed by atoms with van der Waals surface area (Å²) in [4.78, 5) is 16.7. The lowest BCUT2D eigenvalue weighted by molar-refractivity contribution is -0.159. The second-order valence-corrected chi connectivity index (χ2v) is 14.0. The van der Waals surface area contributed by atoms with Crippen molar-refractivity contribution in [2.75, 3.05) is 26.9 Å². The first-order valence-electron chi connectivity index (χ1n) is 14.4. The number of hydrogen-bond acceptors (Lipinski definition) is 8. The standard InChI is InChI=1S/C26H33B6N5O5S/c1-35-5-3-18(33-35)15-7-16-20(8-19(15)39-2)41-9-17-21(34-36(22(16)17)14-4-6-43-10-14)23(38)37(25(27,28)29)24(11-40-12-24)13-42-26(30,31)32/h3-8,10H,9,11-13,27-32H2,1-2H3. The molecule has 1 saturated heterocycles.